The van der Waals surface area contributed by atoms with E-state index in [9.17, 15) is 34.8 Å². The summed E-state index contributed by atoms with van der Waals surface area (Å²) >= 11 is 0. The molecule has 10 nitrogen and oxygen atoms in total. The van der Waals surface area contributed by atoms with Crippen molar-refractivity contribution in [1.29, 1.82) is 0 Å². The maximum Gasteiger partial charge on any atom is 0.255 e. The first-order valence-electron chi connectivity index (χ1n) is 14.6. The van der Waals surface area contributed by atoms with Crippen molar-refractivity contribution in [2.45, 2.75) is 50.7 Å². The molecule has 0 radical (unpaired) electrons. The lowest BCUT2D eigenvalue weighted by Crippen LogP contribution is -2.63. The number of amides is 1. The second-order valence-corrected chi connectivity index (χ2v) is 12.3. The van der Waals surface area contributed by atoms with E-state index in [-0.39, 0.29) is 29.7 Å². The van der Waals surface area contributed by atoms with Crippen LogP contribution in [0.3, 0.4) is 0 Å². The minimum absolute atomic E-state index is 0.00274. The Hall–Kier alpha value is -4.15. The van der Waals surface area contributed by atoms with Gasteiger partial charge in [-0.1, -0.05) is 37.6 Å². The van der Waals surface area contributed by atoms with Gasteiger partial charge in [-0.2, -0.15) is 0 Å². The summed E-state index contributed by atoms with van der Waals surface area (Å²) in [6, 6.07) is 8.61. The SMILES string of the molecule is CCCCc1ccc(-c2cc(N(C)C)c3c(c2O)C(=O)C2=C(O)[C@@]4(O)C(=O)C(C(N)=O)=C(O)C(N(C)C)[C@H]4C[C@H]2C3)cc1. The minimum atomic E-state index is -2.67. The van der Waals surface area contributed by atoms with E-state index in [1.165, 1.54) is 10.5 Å². The molecule has 2 aromatic rings. The van der Waals surface area contributed by atoms with Crippen molar-refractivity contribution in [2.24, 2.45) is 17.6 Å². The van der Waals surface area contributed by atoms with E-state index in [0.717, 1.165) is 19.3 Å². The summed E-state index contributed by atoms with van der Waals surface area (Å²) in [6.07, 6.45) is 3.34. The number of likely N-dealkylation sites (N-methyl/N-ethyl adjacent to an activating group) is 1. The van der Waals surface area contributed by atoms with Crippen LogP contribution in [0.15, 0.2) is 53.0 Å². The summed E-state index contributed by atoms with van der Waals surface area (Å²) in [4.78, 5) is 43.4. The summed E-state index contributed by atoms with van der Waals surface area (Å²) < 4.78 is 0. The molecular formula is C33H39N3O7. The highest BCUT2D eigenvalue weighted by molar-refractivity contribution is 6.25. The smallest absolute Gasteiger partial charge is 0.255 e. The topological polar surface area (TPSA) is 165 Å². The van der Waals surface area contributed by atoms with Crippen LogP contribution in [0.1, 0.15) is 47.7 Å². The van der Waals surface area contributed by atoms with Crippen molar-refractivity contribution in [3.05, 3.63) is 69.7 Å². The van der Waals surface area contributed by atoms with Crippen LogP contribution in [-0.2, 0) is 22.4 Å². The van der Waals surface area contributed by atoms with E-state index >= 15 is 0 Å². The molecule has 0 fully saturated rings. The van der Waals surface area contributed by atoms with Gasteiger partial charge in [-0.05, 0) is 68.5 Å². The number of Topliss-reactive ketones (excluding diaryl/α,β-unsaturated/α-hetero) is 2. The Kier molecular flexibility index (Phi) is 7.64. The van der Waals surface area contributed by atoms with E-state index in [1.807, 2.05) is 49.3 Å². The molecule has 0 saturated heterocycles. The predicted octanol–water partition coefficient (Wildman–Crippen LogP) is 3.20. The molecule has 5 rings (SSSR count). The van der Waals surface area contributed by atoms with Gasteiger partial charge in [0.1, 0.15) is 22.8 Å². The number of aliphatic hydroxyl groups is 3. The summed E-state index contributed by atoms with van der Waals surface area (Å²) in [5, 5.41) is 46.0. The highest BCUT2D eigenvalue weighted by Crippen LogP contribution is 2.54. The van der Waals surface area contributed by atoms with Gasteiger partial charge in [0.05, 0.1) is 11.6 Å². The summed E-state index contributed by atoms with van der Waals surface area (Å²) in [6.45, 7) is 2.13. The van der Waals surface area contributed by atoms with E-state index < -0.39 is 58.0 Å². The van der Waals surface area contributed by atoms with E-state index in [4.69, 9.17) is 5.73 Å². The lowest BCUT2D eigenvalue weighted by molar-refractivity contribution is -0.148. The maximum absolute atomic E-state index is 14.2. The molecule has 43 heavy (non-hydrogen) atoms. The molecule has 6 N–H and O–H groups in total. The van der Waals surface area contributed by atoms with Gasteiger partial charge in [-0.3, -0.25) is 19.3 Å². The number of carbonyl (C=O) groups excluding carboxylic acids is 3. The van der Waals surface area contributed by atoms with Crippen LogP contribution in [0.25, 0.3) is 11.1 Å². The van der Waals surface area contributed by atoms with Gasteiger partial charge in [-0.15, -0.1) is 0 Å². The van der Waals surface area contributed by atoms with Crippen LogP contribution in [0, 0.1) is 11.8 Å². The quantitative estimate of drug-likeness (QED) is 0.305. The molecule has 10 heteroatoms. The number of hydrogen-bond acceptors (Lipinski definition) is 9. The first kappa shape index (κ1) is 30.3. The normalized spacial score (nSPS) is 25.0. The molecule has 3 aliphatic carbocycles. The lowest BCUT2D eigenvalue weighted by atomic mass is 9.58. The molecule has 0 aliphatic heterocycles. The van der Waals surface area contributed by atoms with Gasteiger partial charge in [0.15, 0.2) is 11.4 Å². The number of phenols is 1. The van der Waals surface area contributed by atoms with Crippen LogP contribution in [-0.4, -0.2) is 82.6 Å². The second kappa shape index (κ2) is 10.8. The number of primary amides is 1. The van der Waals surface area contributed by atoms with Gasteiger partial charge < -0.3 is 31.1 Å². The van der Waals surface area contributed by atoms with Crippen LogP contribution >= 0.6 is 0 Å². The minimum Gasteiger partial charge on any atom is -0.510 e. The number of nitrogens with two attached hydrogens (primary N) is 1. The summed E-state index contributed by atoms with van der Waals surface area (Å²) in [5.74, 6) is -6.62. The predicted molar refractivity (Wildman–Crippen MR) is 162 cm³/mol. The van der Waals surface area contributed by atoms with Crippen molar-refractivity contribution in [2.75, 3.05) is 33.1 Å². The number of hydrogen-bond donors (Lipinski definition) is 5. The first-order chi connectivity index (χ1) is 20.2. The van der Waals surface area contributed by atoms with Crippen LogP contribution in [0.4, 0.5) is 5.69 Å². The highest BCUT2D eigenvalue weighted by Gasteiger charge is 2.63. The second-order valence-electron chi connectivity index (χ2n) is 12.3. The van der Waals surface area contributed by atoms with Crippen molar-refractivity contribution < 1.29 is 34.8 Å². The zero-order valence-corrected chi connectivity index (χ0v) is 25.1. The van der Waals surface area contributed by atoms with Gasteiger partial charge in [0, 0.05) is 36.8 Å². The number of phenolic OH excluding ortho intramolecular Hbond substituents is 1. The van der Waals surface area contributed by atoms with Crippen molar-refractivity contribution >= 4 is 23.2 Å². The Morgan fingerprint density at radius 3 is 2.28 bits per heavy atom. The van der Waals surface area contributed by atoms with Gasteiger partial charge in [0.25, 0.3) is 5.91 Å². The number of aryl methyl sites for hydroxylation is 1. The van der Waals surface area contributed by atoms with Crippen LogP contribution in [0.2, 0.25) is 0 Å². The number of fused-ring (bicyclic) bond motifs is 3. The fraction of sp³-hybridized carbons (Fsp3) is 0.424. The molecule has 2 aromatic carbocycles. The molecule has 1 amide bonds. The maximum atomic E-state index is 14.2. The summed E-state index contributed by atoms with van der Waals surface area (Å²) in [5.41, 5.74) is 5.37. The zero-order chi connectivity index (χ0) is 31.5. The number of ketones is 2. The standard InChI is InChI=1S/C33H39N3O7/c1-6-7-8-16-9-11-17(12-10-16)19-15-22(35(2)3)20-13-18-14-21-26(36(4)5)29(39)25(32(34)42)31(41)33(21,43)30(40)23(18)28(38)24(20)27(19)37/h9-12,15,18,21,26,37,39-40,43H,6-8,13-14H2,1-5H3,(H2,34,42)/t18-,21-,26?,33-/m1/s1. The molecule has 0 aromatic heterocycles. The average molecular weight is 590 g/mol. The van der Waals surface area contributed by atoms with Gasteiger partial charge in [-0.25, -0.2) is 0 Å². The lowest BCUT2D eigenvalue weighted by Gasteiger charge is -2.50. The van der Waals surface area contributed by atoms with Crippen LogP contribution in [0.5, 0.6) is 5.75 Å². The number of nitrogens with zero attached hydrogens (tertiary/aromatic N) is 2. The molecule has 0 bridgehead atoms. The van der Waals surface area contributed by atoms with Crippen molar-refractivity contribution in [3.8, 4) is 16.9 Å². The Bertz CT molecular complexity index is 1590. The molecule has 1 unspecified atom stereocenters. The Morgan fingerprint density at radius 1 is 1.07 bits per heavy atom. The Labute approximate surface area is 250 Å². The Morgan fingerprint density at radius 2 is 1.72 bits per heavy atom. The number of carbonyl (C=O) groups is 3. The van der Waals surface area contributed by atoms with Crippen molar-refractivity contribution in [1.82, 2.24) is 4.90 Å². The largest absolute Gasteiger partial charge is 0.510 e. The molecule has 0 spiro atoms. The van der Waals surface area contributed by atoms with Crippen molar-refractivity contribution in [3.63, 3.8) is 0 Å². The van der Waals surface area contributed by atoms with E-state index in [2.05, 4.69) is 6.92 Å². The number of aromatic hydroxyl groups is 1. The molecule has 4 atom stereocenters. The van der Waals surface area contributed by atoms with E-state index in [0.29, 0.717) is 22.4 Å². The summed E-state index contributed by atoms with van der Waals surface area (Å²) in [7, 11) is 6.89. The number of anilines is 1. The van der Waals surface area contributed by atoms with Gasteiger partial charge in [0.2, 0.25) is 5.78 Å². The zero-order valence-electron chi connectivity index (χ0n) is 25.1. The Balaban J connectivity index is 1.69. The number of allylic oxidation sites excluding steroid dienone is 1. The fourth-order valence-corrected chi connectivity index (χ4v) is 7.15. The molecule has 228 valence electrons. The van der Waals surface area contributed by atoms with Gasteiger partial charge >= 0.3 is 0 Å². The third-order valence-electron chi connectivity index (χ3n) is 9.26. The van der Waals surface area contributed by atoms with E-state index in [1.54, 1.807) is 14.1 Å². The molecule has 0 heterocycles. The number of unbranched alkanes of at least 4 members (excludes halogenated alkanes) is 1. The molecular weight excluding hydrogens is 550 g/mol. The first-order valence-corrected chi connectivity index (χ1v) is 14.6. The monoisotopic (exact) mass is 589 g/mol. The third kappa shape index (κ3) is 4.51. The van der Waals surface area contributed by atoms with Crippen LogP contribution < -0.4 is 10.6 Å². The number of benzene rings is 2. The molecule has 0 saturated carbocycles. The number of aliphatic hydroxyl groups excluding tert-OH is 2. The molecule has 3 aliphatic rings. The fourth-order valence-electron chi connectivity index (χ4n) is 7.15. The average Bonchev–Trinajstić information content (AvgIpc) is 2.93. The highest BCUT2D eigenvalue weighted by atomic mass is 16.3. The third-order valence-corrected chi connectivity index (χ3v) is 9.26. The number of rotatable bonds is 7.